The van der Waals surface area contributed by atoms with E-state index in [1.807, 2.05) is 0 Å². The van der Waals surface area contributed by atoms with Crippen LogP contribution in [0, 0.1) is 12.8 Å². The molecule has 4 aromatic heterocycles. The molecule has 0 aliphatic heterocycles. The standard InChI is InChI=1S/C24H18F5N5O2/c1-3-18(35)16-4-11(2)14(9-30-16)13-5-12-8-31-20(33-22(36)15-7-23(15,25)26)6-17(12)34-19(24(27,28)29)10-32-21(13)34/h4-6,8-10,15H,3,7H2,1-2H3,(H,31,33,36). The van der Waals surface area contributed by atoms with Crippen molar-refractivity contribution in [3.05, 3.63) is 53.7 Å². The quantitative estimate of drug-likeness (QED) is 0.289. The van der Waals surface area contributed by atoms with Crippen molar-refractivity contribution in [2.24, 2.45) is 5.92 Å². The van der Waals surface area contributed by atoms with Gasteiger partial charge >= 0.3 is 6.18 Å². The molecular weight excluding hydrogens is 485 g/mol. The third kappa shape index (κ3) is 3.95. The Kier molecular flexibility index (Phi) is 5.31. The number of imidazole rings is 1. The van der Waals surface area contributed by atoms with Crippen LogP contribution in [0.3, 0.4) is 0 Å². The first kappa shape index (κ1) is 23.8. The molecule has 1 unspecified atom stereocenters. The summed E-state index contributed by atoms with van der Waals surface area (Å²) in [4.78, 5) is 36.3. The number of ketones is 1. The molecule has 0 bridgehead atoms. The van der Waals surface area contributed by atoms with Gasteiger partial charge in [-0.05, 0) is 24.6 Å². The third-order valence-electron chi connectivity index (χ3n) is 6.15. The van der Waals surface area contributed by atoms with Crippen molar-refractivity contribution in [2.75, 3.05) is 5.32 Å². The van der Waals surface area contributed by atoms with Gasteiger partial charge in [0.15, 0.2) is 5.78 Å². The number of aryl methyl sites for hydroxylation is 1. The molecule has 12 heteroatoms. The molecule has 1 fully saturated rings. The third-order valence-corrected chi connectivity index (χ3v) is 6.15. The lowest BCUT2D eigenvalue weighted by atomic mass is 10.0. The highest BCUT2D eigenvalue weighted by Crippen LogP contribution is 2.49. The average molecular weight is 503 g/mol. The van der Waals surface area contributed by atoms with E-state index in [4.69, 9.17) is 0 Å². The second-order valence-electron chi connectivity index (χ2n) is 8.65. The molecule has 36 heavy (non-hydrogen) atoms. The van der Waals surface area contributed by atoms with E-state index in [1.165, 1.54) is 18.5 Å². The predicted molar refractivity (Wildman–Crippen MR) is 120 cm³/mol. The van der Waals surface area contributed by atoms with Gasteiger partial charge in [-0.15, -0.1) is 0 Å². The van der Waals surface area contributed by atoms with Crippen LogP contribution in [-0.2, 0) is 11.0 Å². The Bertz CT molecular complexity index is 1560. The number of alkyl halides is 5. The van der Waals surface area contributed by atoms with E-state index in [2.05, 4.69) is 20.3 Å². The molecule has 7 nitrogen and oxygen atoms in total. The molecule has 1 N–H and O–H groups in total. The largest absolute Gasteiger partial charge is 0.433 e. The second-order valence-corrected chi connectivity index (χ2v) is 8.65. The molecule has 0 radical (unpaired) electrons. The number of carbonyl (C=O) groups excluding carboxylic acids is 2. The van der Waals surface area contributed by atoms with Gasteiger partial charge < -0.3 is 5.32 Å². The van der Waals surface area contributed by atoms with Crippen LogP contribution in [0.15, 0.2) is 36.8 Å². The molecule has 4 aromatic rings. The monoisotopic (exact) mass is 503 g/mol. The molecule has 1 atom stereocenters. The fourth-order valence-corrected chi connectivity index (χ4v) is 4.12. The maximum Gasteiger partial charge on any atom is 0.433 e. The van der Waals surface area contributed by atoms with Crippen LogP contribution in [0.5, 0.6) is 0 Å². The summed E-state index contributed by atoms with van der Waals surface area (Å²) in [6.07, 6.45) is -1.74. The summed E-state index contributed by atoms with van der Waals surface area (Å²) in [7, 11) is 0. The zero-order valence-corrected chi connectivity index (χ0v) is 19.0. The average Bonchev–Trinajstić information content (AvgIpc) is 3.24. The van der Waals surface area contributed by atoms with Gasteiger partial charge in [-0.3, -0.25) is 19.0 Å². The molecular formula is C24H18F5N5O2. The number of anilines is 1. The van der Waals surface area contributed by atoms with Crippen molar-refractivity contribution >= 4 is 34.1 Å². The fraction of sp³-hybridized carbons (Fsp3) is 0.292. The molecule has 0 aromatic carbocycles. The first-order chi connectivity index (χ1) is 16.9. The number of halogens is 5. The van der Waals surface area contributed by atoms with Gasteiger partial charge in [0.1, 0.15) is 28.8 Å². The van der Waals surface area contributed by atoms with E-state index in [-0.39, 0.29) is 40.3 Å². The number of aromatic nitrogens is 4. The minimum absolute atomic E-state index is 0.0230. The van der Waals surface area contributed by atoms with Crippen LogP contribution in [0.4, 0.5) is 27.8 Å². The maximum atomic E-state index is 13.9. The summed E-state index contributed by atoms with van der Waals surface area (Å²) in [6.45, 7) is 3.41. The van der Waals surface area contributed by atoms with E-state index in [1.54, 1.807) is 26.0 Å². The minimum atomic E-state index is -4.77. The van der Waals surface area contributed by atoms with E-state index in [9.17, 15) is 31.5 Å². The van der Waals surface area contributed by atoms with Gasteiger partial charge in [0.2, 0.25) is 5.91 Å². The van der Waals surface area contributed by atoms with Crippen molar-refractivity contribution in [1.29, 1.82) is 0 Å². The number of rotatable bonds is 5. The highest BCUT2D eigenvalue weighted by atomic mass is 19.4. The molecule has 186 valence electrons. The van der Waals surface area contributed by atoms with Crippen LogP contribution in [0.25, 0.3) is 27.7 Å². The smallest absolute Gasteiger partial charge is 0.310 e. The lowest BCUT2D eigenvalue weighted by Gasteiger charge is -2.14. The van der Waals surface area contributed by atoms with E-state index in [0.717, 1.165) is 4.40 Å². The van der Waals surface area contributed by atoms with Gasteiger partial charge in [-0.2, -0.15) is 13.2 Å². The Hall–Kier alpha value is -3.96. The molecule has 4 heterocycles. The van der Waals surface area contributed by atoms with Gasteiger partial charge in [0.05, 0.1) is 11.7 Å². The number of hydrogen-bond donors (Lipinski definition) is 1. The van der Waals surface area contributed by atoms with Crippen molar-refractivity contribution in [1.82, 2.24) is 19.4 Å². The molecule has 0 saturated heterocycles. The van der Waals surface area contributed by atoms with Crippen LogP contribution in [0.1, 0.15) is 41.5 Å². The van der Waals surface area contributed by atoms with E-state index >= 15 is 0 Å². The number of carbonyl (C=O) groups is 2. The zero-order valence-electron chi connectivity index (χ0n) is 19.0. The van der Waals surface area contributed by atoms with Crippen molar-refractivity contribution in [2.45, 2.75) is 38.8 Å². The Balaban J connectivity index is 1.68. The van der Waals surface area contributed by atoms with Crippen LogP contribution in [-0.4, -0.2) is 37.0 Å². The number of pyridine rings is 3. The van der Waals surface area contributed by atoms with E-state index in [0.29, 0.717) is 22.9 Å². The molecule has 1 amide bonds. The highest BCUT2D eigenvalue weighted by Gasteiger charge is 2.61. The van der Waals surface area contributed by atoms with Crippen LogP contribution >= 0.6 is 0 Å². The number of hydrogen-bond acceptors (Lipinski definition) is 5. The van der Waals surface area contributed by atoms with Crippen molar-refractivity contribution in [3.63, 3.8) is 0 Å². The number of Topliss-reactive ketones (excluding diaryl/α,β-unsaturated/α-hetero) is 1. The summed E-state index contributed by atoms with van der Waals surface area (Å²) >= 11 is 0. The number of fused-ring (bicyclic) bond motifs is 3. The zero-order chi connectivity index (χ0) is 26.0. The van der Waals surface area contributed by atoms with Gasteiger partial charge in [-0.25, -0.2) is 18.7 Å². The van der Waals surface area contributed by atoms with E-state index < -0.39 is 36.0 Å². The topological polar surface area (TPSA) is 89.2 Å². The summed E-state index contributed by atoms with van der Waals surface area (Å²) in [6, 6.07) is 4.34. The SMILES string of the molecule is CCC(=O)c1cc(C)c(-c2cc3cnc(NC(=O)C4CC4(F)F)cc3n3c(C(F)(F)F)cnc23)cn1. The number of nitrogens with zero attached hydrogens (tertiary/aromatic N) is 4. The van der Waals surface area contributed by atoms with Crippen LogP contribution < -0.4 is 5.32 Å². The van der Waals surface area contributed by atoms with Gasteiger partial charge in [0, 0.05) is 47.8 Å². The predicted octanol–water partition coefficient (Wildman–Crippen LogP) is 5.46. The number of amides is 1. The molecule has 0 spiro atoms. The summed E-state index contributed by atoms with van der Waals surface area (Å²) < 4.78 is 69.1. The molecule has 5 rings (SSSR count). The first-order valence-electron chi connectivity index (χ1n) is 11.0. The van der Waals surface area contributed by atoms with Gasteiger partial charge in [0.25, 0.3) is 5.92 Å². The number of nitrogens with one attached hydrogen (secondary N) is 1. The maximum absolute atomic E-state index is 13.9. The Morgan fingerprint density at radius 2 is 1.81 bits per heavy atom. The van der Waals surface area contributed by atoms with Gasteiger partial charge in [-0.1, -0.05) is 6.92 Å². The summed E-state index contributed by atoms with van der Waals surface area (Å²) in [5, 5.41) is 2.54. The summed E-state index contributed by atoms with van der Waals surface area (Å²) in [5.41, 5.74) is 0.586. The normalized spacial score (nSPS) is 16.9. The lowest BCUT2D eigenvalue weighted by Crippen LogP contribution is -2.18. The lowest BCUT2D eigenvalue weighted by molar-refractivity contribution is -0.141. The van der Waals surface area contributed by atoms with Crippen LogP contribution in [0.2, 0.25) is 0 Å². The fourth-order valence-electron chi connectivity index (χ4n) is 4.12. The highest BCUT2D eigenvalue weighted by molar-refractivity contribution is 5.98. The minimum Gasteiger partial charge on any atom is -0.310 e. The molecule has 1 saturated carbocycles. The Labute approximate surface area is 200 Å². The first-order valence-corrected chi connectivity index (χ1v) is 11.0. The summed E-state index contributed by atoms with van der Waals surface area (Å²) in [5.74, 6) is -5.87. The Morgan fingerprint density at radius 1 is 1.08 bits per heavy atom. The Morgan fingerprint density at radius 3 is 2.42 bits per heavy atom. The molecule has 1 aliphatic carbocycles. The van der Waals surface area contributed by atoms with Crippen molar-refractivity contribution in [3.8, 4) is 11.1 Å². The molecule has 1 aliphatic rings. The van der Waals surface area contributed by atoms with Crippen molar-refractivity contribution < 1.29 is 31.5 Å². The second kappa shape index (κ2) is 8.04.